The zero-order valence-corrected chi connectivity index (χ0v) is 39.0. The first kappa shape index (κ1) is 48.8. The number of nitrogens with zero attached hydrogens (tertiary/aromatic N) is 7. The summed E-state index contributed by atoms with van der Waals surface area (Å²) in [6, 6.07) is 39.1. The van der Waals surface area contributed by atoms with Crippen molar-refractivity contribution in [1.29, 1.82) is 21.0 Å². The van der Waals surface area contributed by atoms with Gasteiger partial charge in [-0.15, -0.1) is 0 Å². The van der Waals surface area contributed by atoms with Crippen molar-refractivity contribution in [3.63, 3.8) is 0 Å². The average Bonchev–Trinajstić information content (AvgIpc) is 3.34. The second-order valence-corrected chi connectivity index (χ2v) is 16.2. The molecule has 66 heavy (non-hydrogen) atoms. The quantitative estimate of drug-likeness (QED) is 0.0371. The summed E-state index contributed by atoms with van der Waals surface area (Å²) in [5.74, 6) is 0.312. The Bertz CT molecular complexity index is 2780. The van der Waals surface area contributed by atoms with Crippen molar-refractivity contribution >= 4 is 23.0 Å². The molecule has 5 rings (SSSR count). The zero-order valence-electron chi connectivity index (χ0n) is 39.0. The van der Waals surface area contributed by atoms with Gasteiger partial charge in [-0.2, -0.15) is 21.0 Å². The van der Waals surface area contributed by atoms with Crippen LogP contribution >= 0.6 is 0 Å². The number of pyridine rings is 1. The molecule has 0 saturated carbocycles. The number of aromatic nitrogens is 3. The normalized spacial score (nSPS) is 14.1. The van der Waals surface area contributed by atoms with Crippen LogP contribution in [0.5, 0.6) is 0 Å². The number of benzene rings is 3. The van der Waals surface area contributed by atoms with E-state index in [-0.39, 0.29) is 35.9 Å². The number of nitrogens with two attached hydrogens (primary N) is 1. The van der Waals surface area contributed by atoms with Gasteiger partial charge in [0.2, 0.25) is 0 Å². The Balaban J connectivity index is 1.84. The van der Waals surface area contributed by atoms with Crippen LogP contribution in [-0.2, 0) is 0 Å². The largest absolute Gasteiger partial charge is 0.382 e. The van der Waals surface area contributed by atoms with E-state index in [1.165, 1.54) is 0 Å². The minimum atomic E-state index is -0.352. The van der Waals surface area contributed by atoms with Crippen molar-refractivity contribution in [1.82, 2.24) is 15.0 Å². The minimum Gasteiger partial charge on any atom is -0.382 e. The fourth-order valence-electron chi connectivity index (χ4n) is 7.42. The summed E-state index contributed by atoms with van der Waals surface area (Å²) < 4.78 is 0. The number of rotatable bonds is 18. The van der Waals surface area contributed by atoms with Crippen LogP contribution in [0, 0.1) is 69.0 Å². The molecular formula is C55H57N11. The van der Waals surface area contributed by atoms with Gasteiger partial charge in [0.1, 0.15) is 5.82 Å². The number of nitrogens with one attached hydrogen (secondary N) is 3. The van der Waals surface area contributed by atoms with E-state index in [2.05, 4.69) is 40.2 Å². The third-order valence-electron chi connectivity index (χ3n) is 11.5. The standard InChI is InChI=1S/C55H57N11/c1-9-35(2)47(34-59)46(40(7)37(4)32-57)30-39(6)63-52-50(51(53(60)66-55(52)61-8)62-38(5)27-28-43(33-58)36(3)20-18-19-29-56)44-25-16-17-26-45(44)54-64-48(41-21-12-10-13-22-41)31-49(65-54)42-23-14-11-15-24-42/h10-18,20-28,30-31,35-37,40,62-63H,9,19H2,1-8H3,(H3,60,61,66)/b20-18-,38-27+,39-30+,43-28-,47-46+. The SMILES string of the molecule is CCC(C)/C(C#N)=C(\C=C(/C)Nc1c(NC)nc(N)c(N/C(C)=C/C=C(/C#N)C(C)/C=C\CC#N)c1-c1ccccc1-c1nc(-c2ccccc2)cc(-c2ccccc2)n1)C(C)C(C)C#N. The molecule has 0 spiro atoms. The predicted octanol–water partition coefficient (Wildman–Crippen LogP) is 13.0. The van der Waals surface area contributed by atoms with Gasteiger partial charge in [0, 0.05) is 57.8 Å². The summed E-state index contributed by atoms with van der Waals surface area (Å²) in [6.45, 7) is 13.7. The Morgan fingerprint density at radius 2 is 1.33 bits per heavy atom. The first-order valence-corrected chi connectivity index (χ1v) is 22.1. The molecular weight excluding hydrogens is 815 g/mol. The first-order valence-electron chi connectivity index (χ1n) is 22.1. The summed E-state index contributed by atoms with van der Waals surface area (Å²) in [5.41, 5.74) is 16.8. The number of nitrogen functional groups attached to an aromatic ring is 1. The number of allylic oxidation sites excluding steroid dienone is 10. The van der Waals surface area contributed by atoms with Crippen LogP contribution in [0.1, 0.15) is 61.3 Å². The molecule has 2 aromatic heterocycles. The lowest BCUT2D eigenvalue weighted by atomic mass is 9.82. The van der Waals surface area contributed by atoms with Crippen molar-refractivity contribution in [2.24, 2.45) is 23.7 Å². The van der Waals surface area contributed by atoms with Crippen molar-refractivity contribution in [2.45, 2.75) is 61.3 Å². The van der Waals surface area contributed by atoms with Crippen molar-refractivity contribution in [3.8, 4) is 69.3 Å². The molecule has 5 N–H and O–H groups in total. The molecule has 0 radical (unpaired) electrons. The molecule has 0 fully saturated rings. The molecule has 4 unspecified atom stereocenters. The maximum Gasteiger partial charge on any atom is 0.161 e. The minimum absolute atomic E-state index is 0.0268. The third kappa shape index (κ3) is 11.9. The molecule has 0 aliphatic rings. The molecule has 3 aromatic carbocycles. The van der Waals surface area contributed by atoms with E-state index in [1.54, 1.807) is 19.2 Å². The molecule has 11 heteroatoms. The number of nitriles is 4. The van der Waals surface area contributed by atoms with Crippen LogP contribution in [0.15, 0.2) is 149 Å². The molecule has 5 aromatic rings. The maximum absolute atomic E-state index is 10.5. The highest BCUT2D eigenvalue weighted by Gasteiger charge is 2.26. The van der Waals surface area contributed by atoms with Gasteiger partial charge < -0.3 is 21.7 Å². The van der Waals surface area contributed by atoms with Crippen molar-refractivity contribution in [2.75, 3.05) is 28.7 Å². The van der Waals surface area contributed by atoms with Gasteiger partial charge in [0.15, 0.2) is 11.6 Å². The number of hydrogen-bond donors (Lipinski definition) is 4. The fraction of sp³-hybridized carbons (Fsp3) is 0.255. The molecule has 2 heterocycles. The highest BCUT2D eigenvalue weighted by molar-refractivity contribution is 6.02. The second-order valence-electron chi connectivity index (χ2n) is 16.2. The van der Waals surface area contributed by atoms with Gasteiger partial charge in [-0.05, 0) is 74.5 Å². The predicted molar refractivity (Wildman–Crippen MR) is 269 cm³/mol. The molecule has 11 nitrogen and oxygen atoms in total. The van der Waals surface area contributed by atoms with Crippen molar-refractivity contribution < 1.29 is 0 Å². The van der Waals surface area contributed by atoms with Crippen LogP contribution in [0.4, 0.5) is 23.0 Å². The summed E-state index contributed by atoms with van der Waals surface area (Å²) >= 11 is 0. The fourth-order valence-corrected chi connectivity index (χ4v) is 7.42. The van der Waals surface area contributed by atoms with Gasteiger partial charge in [-0.3, -0.25) is 0 Å². The van der Waals surface area contributed by atoms with Crippen LogP contribution < -0.4 is 21.7 Å². The van der Waals surface area contributed by atoms with Gasteiger partial charge in [-0.1, -0.05) is 125 Å². The maximum atomic E-state index is 10.5. The summed E-state index contributed by atoms with van der Waals surface area (Å²) in [7, 11) is 1.78. The highest BCUT2D eigenvalue weighted by Crippen LogP contribution is 2.47. The number of hydrogen-bond acceptors (Lipinski definition) is 11. The molecule has 332 valence electrons. The third-order valence-corrected chi connectivity index (χ3v) is 11.5. The Kier molecular flexibility index (Phi) is 17.3. The molecule has 0 saturated heterocycles. The van der Waals surface area contributed by atoms with Crippen LogP contribution in [-0.4, -0.2) is 22.0 Å². The first-order chi connectivity index (χ1) is 31.9. The van der Waals surface area contributed by atoms with E-state index in [0.717, 1.165) is 45.6 Å². The summed E-state index contributed by atoms with van der Waals surface area (Å²) in [6.07, 6.45) is 10.2. The van der Waals surface area contributed by atoms with E-state index in [1.807, 2.05) is 158 Å². The Labute approximate surface area is 390 Å². The van der Waals surface area contributed by atoms with E-state index >= 15 is 0 Å². The zero-order chi connectivity index (χ0) is 47.8. The second kappa shape index (κ2) is 23.4. The van der Waals surface area contributed by atoms with Gasteiger partial charge in [0.25, 0.3) is 0 Å². The Morgan fingerprint density at radius 3 is 1.88 bits per heavy atom. The topological polar surface area (TPSA) is 196 Å². The van der Waals surface area contributed by atoms with Gasteiger partial charge in [0.05, 0.1) is 59.4 Å². The monoisotopic (exact) mass is 871 g/mol. The molecule has 0 aliphatic heterocycles. The van der Waals surface area contributed by atoms with Crippen LogP contribution in [0.25, 0.3) is 45.0 Å². The highest BCUT2D eigenvalue weighted by atomic mass is 15.1. The molecule has 0 amide bonds. The lowest BCUT2D eigenvalue weighted by Gasteiger charge is -2.25. The summed E-state index contributed by atoms with van der Waals surface area (Å²) in [5, 5.41) is 50.0. The smallest absolute Gasteiger partial charge is 0.161 e. The van der Waals surface area contributed by atoms with E-state index < -0.39 is 0 Å². The van der Waals surface area contributed by atoms with E-state index in [9.17, 15) is 15.8 Å². The lowest BCUT2D eigenvalue weighted by Crippen LogP contribution is -2.14. The van der Waals surface area contributed by atoms with Crippen LogP contribution in [0.2, 0.25) is 0 Å². The Morgan fingerprint density at radius 1 is 0.742 bits per heavy atom. The average molecular weight is 872 g/mol. The molecule has 4 atom stereocenters. The summed E-state index contributed by atoms with van der Waals surface area (Å²) in [4.78, 5) is 15.3. The van der Waals surface area contributed by atoms with Crippen LogP contribution in [0.3, 0.4) is 0 Å². The molecule has 0 aliphatic carbocycles. The number of anilines is 4. The van der Waals surface area contributed by atoms with E-state index in [0.29, 0.717) is 51.1 Å². The van der Waals surface area contributed by atoms with E-state index in [4.69, 9.17) is 25.9 Å². The van der Waals surface area contributed by atoms with Gasteiger partial charge in [-0.25, -0.2) is 15.0 Å². The Hall–Kier alpha value is -8.25. The van der Waals surface area contributed by atoms with Crippen molar-refractivity contribution in [3.05, 3.63) is 149 Å². The molecule has 0 bridgehead atoms. The van der Waals surface area contributed by atoms with Gasteiger partial charge >= 0.3 is 0 Å². The lowest BCUT2D eigenvalue weighted by molar-refractivity contribution is 0.535.